The van der Waals surface area contributed by atoms with Crippen LogP contribution in [0.4, 0.5) is 5.69 Å². The molecule has 1 aliphatic heterocycles. The van der Waals surface area contributed by atoms with E-state index < -0.39 is 11.6 Å². The number of hydrogen-bond donors (Lipinski definition) is 1. The Bertz CT molecular complexity index is 1290. The van der Waals surface area contributed by atoms with Gasteiger partial charge in [0.2, 0.25) is 11.8 Å². The first-order valence-corrected chi connectivity index (χ1v) is 12.6. The molecule has 0 aliphatic carbocycles. The highest BCUT2D eigenvalue weighted by molar-refractivity contribution is 6.25. The van der Waals surface area contributed by atoms with Gasteiger partial charge in [0.05, 0.1) is 5.69 Å². The van der Waals surface area contributed by atoms with E-state index in [1.807, 2.05) is 88.4 Å². The van der Waals surface area contributed by atoms with E-state index in [-0.39, 0.29) is 24.1 Å². The van der Waals surface area contributed by atoms with Crippen LogP contribution >= 0.6 is 0 Å². The van der Waals surface area contributed by atoms with Crippen molar-refractivity contribution in [3.05, 3.63) is 77.4 Å². The minimum absolute atomic E-state index is 0.0244. The number of nitrogens with one attached hydrogen (secondary N) is 1. The lowest BCUT2D eigenvalue weighted by Gasteiger charge is -2.31. The van der Waals surface area contributed by atoms with Crippen LogP contribution in [0.3, 0.4) is 0 Å². The van der Waals surface area contributed by atoms with E-state index in [0.717, 1.165) is 27.6 Å². The van der Waals surface area contributed by atoms with E-state index >= 15 is 0 Å². The minimum Gasteiger partial charge on any atom is -0.350 e. The highest BCUT2D eigenvalue weighted by atomic mass is 16.2. The lowest BCUT2D eigenvalue weighted by Crippen LogP contribution is -2.52. The Labute approximate surface area is 213 Å². The van der Waals surface area contributed by atoms with Crippen LogP contribution in [0.5, 0.6) is 0 Å². The highest BCUT2D eigenvalue weighted by Gasteiger charge is 2.31. The summed E-state index contributed by atoms with van der Waals surface area (Å²) >= 11 is 0. The quantitative estimate of drug-likeness (QED) is 0.476. The molecule has 6 nitrogen and oxygen atoms in total. The van der Waals surface area contributed by atoms with Crippen LogP contribution in [-0.2, 0) is 16.1 Å². The number of benzene rings is 3. The maximum atomic E-state index is 13.4. The van der Waals surface area contributed by atoms with Crippen molar-refractivity contribution in [2.75, 3.05) is 11.4 Å². The van der Waals surface area contributed by atoms with Crippen molar-refractivity contribution < 1.29 is 14.4 Å². The fourth-order valence-corrected chi connectivity index (χ4v) is 4.68. The Balaban J connectivity index is 1.47. The Morgan fingerprint density at radius 3 is 2.33 bits per heavy atom. The molecule has 0 fully saturated rings. The maximum absolute atomic E-state index is 13.4. The lowest BCUT2D eigenvalue weighted by molar-refractivity contribution is -0.141. The summed E-state index contributed by atoms with van der Waals surface area (Å²) < 4.78 is 0. The number of anilines is 1. The third-order valence-corrected chi connectivity index (χ3v) is 6.56. The van der Waals surface area contributed by atoms with E-state index in [4.69, 9.17) is 0 Å². The van der Waals surface area contributed by atoms with Gasteiger partial charge in [-0.1, -0.05) is 54.1 Å². The summed E-state index contributed by atoms with van der Waals surface area (Å²) in [6.07, 6.45) is 0.752. The summed E-state index contributed by atoms with van der Waals surface area (Å²) in [7, 11) is 0. The van der Waals surface area contributed by atoms with Crippen molar-refractivity contribution in [2.24, 2.45) is 0 Å². The predicted octanol–water partition coefficient (Wildman–Crippen LogP) is 5.22. The molecule has 188 valence electrons. The predicted molar refractivity (Wildman–Crippen MR) is 144 cm³/mol. The minimum atomic E-state index is -0.621. The van der Waals surface area contributed by atoms with Gasteiger partial charge in [-0.3, -0.25) is 14.4 Å². The largest absolute Gasteiger partial charge is 0.350 e. The molecule has 4 rings (SSSR count). The average molecular weight is 486 g/mol. The third-order valence-electron chi connectivity index (χ3n) is 6.56. The van der Waals surface area contributed by atoms with Crippen molar-refractivity contribution in [1.29, 1.82) is 0 Å². The number of carbonyl (C=O) groups is 3. The van der Waals surface area contributed by atoms with Gasteiger partial charge >= 0.3 is 0 Å². The summed E-state index contributed by atoms with van der Waals surface area (Å²) in [5.41, 5.74) is 3.33. The molecule has 1 atom stereocenters. The topological polar surface area (TPSA) is 69.7 Å². The fraction of sp³-hybridized carbons (Fsp3) is 0.367. The molecule has 0 saturated carbocycles. The summed E-state index contributed by atoms with van der Waals surface area (Å²) in [6, 6.07) is 19.1. The van der Waals surface area contributed by atoms with Crippen LogP contribution in [0.2, 0.25) is 0 Å². The first kappa shape index (κ1) is 25.4. The number of nitrogens with zero attached hydrogens (tertiary/aromatic N) is 2. The molecule has 1 unspecified atom stereocenters. The molecular formula is C30H35N3O3. The van der Waals surface area contributed by atoms with E-state index in [1.54, 1.807) is 16.7 Å². The van der Waals surface area contributed by atoms with E-state index in [1.165, 1.54) is 0 Å². The normalized spacial score (nSPS) is 13.7. The summed E-state index contributed by atoms with van der Waals surface area (Å²) in [4.78, 5) is 42.9. The van der Waals surface area contributed by atoms with Gasteiger partial charge in [-0.2, -0.15) is 0 Å². The molecule has 3 aromatic rings. The van der Waals surface area contributed by atoms with Crippen molar-refractivity contribution in [1.82, 2.24) is 10.2 Å². The Kier molecular flexibility index (Phi) is 7.16. The second kappa shape index (κ2) is 10.1. The molecule has 0 radical (unpaired) electrons. The number of rotatable bonds is 8. The van der Waals surface area contributed by atoms with Crippen molar-refractivity contribution in [3.63, 3.8) is 0 Å². The van der Waals surface area contributed by atoms with Gasteiger partial charge in [0.1, 0.15) is 6.04 Å². The average Bonchev–Trinajstić information content (AvgIpc) is 3.10. The molecule has 0 bridgehead atoms. The zero-order chi connectivity index (χ0) is 26.0. The molecule has 3 aromatic carbocycles. The zero-order valence-electron chi connectivity index (χ0n) is 21.8. The molecule has 0 aromatic heterocycles. The molecule has 1 aliphatic rings. The summed E-state index contributed by atoms with van der Waals surface area (Å²) in [6.45, 7) is 10.4. The Morgan fingerprint density at radius 1 is 1.00 bits per heavy atom. The van der Waals surface area contributed by atoms with E-state index in [0.29, 0.717) is 25.1 Å². The van der Waals surface area contributed by atoms with Gasteiger partial charge in [-0.05, 0) is 64.1 Å². The number of carbonyl (C=O) groups excluding carboxylic acids is 3. The molecule has 6 heteroatoms. The van der Waals surface area contributed by atoms with Crippen LogP contribution < -0.4 is 10.2 Å². The van der Waals surface area contributed by atoms with Crippen LogP contribution in [0.25, 0.3) is 10.8 Å². The smallest absolute Gasteiger partial charge is 0.258 e. The molecule has 36 heavy (non-hydrogen) atoms. The second-order valence-corrected chi connectivity index (χ2v) is 10.7. The van der Waals surface area contributed by atoms with Gasteiger partial charge in [0.25, 0.3) is 5.91 Å². The second-order valence-electron chi connectivity index (χ2n) is 10.7. The Morgan fingerprint density at radius 2 is 1.67 bits per heavy atom. The first-order valence-electron chi connectivity index (χ1n) is 12.6. The summed E-state index contributed by atoms with van der Waals surface area (Å²) in [5.74, 6) is -0.307. The van der Waals surface area contributed by atoms with Gasteiger partial charge in [-0.25, -0.2) is 0 Å². The zero-order valence-corrected chi connectivity index (χ0v) is 21.8. The van der Waals surface area contributed by atoms with Gasteiger partial charge in [0.15, 0.2) is 0 Å². The van der Waals surface area contributed by atoms with Gasteiger partial charge < -0.3 is 15.1 Å². The van der Waals surface area contributed by atoms with Crippen molar-refractivity contribution in [2.45, 2.75) is 65.6 Å². The third kappa shape index (κ3) is 5.43. The Hall–Kier alpha value is -3.67. The SMILES string of the molecule is Cc1ccc(CN(C(=O)CCCN2C(=O)c3cccc4cccc2c34)C(C)C(=O)NC(C)(C)C)cc1. The highest BCUT2D eigenvalue weighted by Crippen LogP contribution is 2.37. The molecule has 0 saturated heterocycles. The van der Waals surface area contributed by atoms with Crippen LogP contribution in [0.1, 0.15) is 62.0 Å². The molecule has 1 N–H and O–H groups in total. The monoisotopic (exact) mass is 485 g/mol. The molecule has 0 spiro atoms. The van der Waals surface area contributed by atoms with Crippen LogP contribution in [0, 0.1) is 6.92 Å². The van der Waals surface area contributed by atoms with Crippen LogP contribution in [-0.4, -0.2) is 40.7 Å². The van der Waals surface area contributed by atoms with E-state index in [9.17, 15) is 14.4 Å². The summed E-state index contributed by atoms with van der Waals surface area (Å²) in [5, 5.41) is 5.01. The van der Waals surface area contributed by atoms with Crippen LogP contribution in [0.15, 0.2) is 60.7 Å². The van der Waals surface area contributed by atoms with Crippen molar-refractivity contribution >= 4 is 34.2 Å². The number of aryl methyl sites for hydroxylation is 1. The van der Waals surface area contributed by atoms with Crippen molar-refractivity contribution in [3.8, 4) is 0 Å². The molecule has 3 amide bonds. The molecular weight excluding hydrogens is 450 g/mol. The van der Waals surface area contributed by atoms with Gasteiger partial charge in [0, 0.05) is 36.0 Å². The number of amides is 3. The lowest BCUT2D eigenvalue weighted by atomic mass is 10.1. The first-order chi connectivity index (χ1) is 17.0. The fourth-order valence-electron chi connectivity index (χ4n) is 4.68. The standard InChI is InChI=1S/C30H35N3O3/c1-20-14-16-22(17-15-20)19-33(21(2)28(35)31-30(3,4)5)26(34)13-8-18-32-25-12-7-10-23-9-6-11-24(27(23)25)29(32)36/h6-7,9-12,14-17,21H,8,13,18-19H2,1-5H3,(H,31,35). The maximum Gasteiger partial charge on any atom is 0.258 e. The molecule has 1 heterocycles. The number of hydrogen-bond acceptors (Lipinski definition) is 3. The van der Waals surface area contributed by atoms with E-state index in [2.05, 4.69) is 5.32 Å². The van der Waals surface area contributed by atoms with Gasteiger partial charge in [-0.15, -0.1) is 0 Å².